The van der Waals surface area contributed by atoms with E-state index in [1.807, 2.05) is 59.8 Å². The predicted molar refractivity (Wildman–Crippen MR) is 169 cm³/mol. The minimum Gasteiger partial charge on any atom is -0.406 e. The van der Waals surface area contributed by atoms with Gasteiger partial charge in [-0.2, -0.15) is 13.2 Å². The Hall–Kier alpha value is -3.16. The summed E-state index contributed by atoms with van der Waals surface area (Å²) in [5, 5.41) is 13.8. The Morgan fingerprint density at radius 2 is 1.67 bits per heavy atom. The largest absolute Gasteiger partial charge is 0.416 e. The number of alkyl halides is 3. The molecule has 0 fully saturated rings. The first kappa shape index (κ1) is 32.7. The number of nitrogens with zero attached hydrogens (tertiary/aromatic N) is 2. The van der Waals surface area contributed by atoms with Crippen LogP contribution in [0.25, 0.3) is 10.8 Å². The molecule has 0 aromatic heterocycles. The molecule has 1 aliphatic heterocycles. The van der Waals surface area contributed by atoms with Crippen molar-refractivity contribution in [2.75, 3.05) is 31.1 Å². The summed E-state index contributed by atoms with van der Waals surface area (Å²) in [6.07, 6.45) is -5.33. The molecule has 230 valence electrons. The molecule has 2 atom stereocenters. The fourth-order valence-corrected chi connectivity index (χ4v) is 6.51. The summed E-state index contributed by atoms with van der Waals surface area (Å²) in [6, 6.07) is 14.6. The summed E-state index contributed by atoms with van der Waals surface area (Å²) in [5.74, 6) is 5.19. The van der Waals surface area contributed by atoms with Crippen molar-refractivity contribution in [3.05, 3.63) is 76.9 Å². The van der Waals surface area contributed by atoms with Gasteiger partial charge in [0.2, 0.25) is 0 Å². The maximum absolute atomic E-state index is 14.9. The second kappa shape index (κ2) is 12.4. The molecule has 3 aromatic rings. The number of fused-ring (bicyclic) bond motifs is 2. The average molecular weight is 611 g/mol. The normalized spacial score (nSPS) is 17.9. The molecular formula is C34H41F3N2O3Si. The Morgan fingerprint density at radius 1 is 1.02 bits per heavy atom. The lowest BCUT2D eigenvalue weighted by Crippen LogP contribution is -2.44. The maximum Gasteiger partial charge on any atom is 0.416 e. The van der Waals surface area contributed by atoms with Crippen molar-refractivity contribution in [1.29, 1.82) is 0 Å². The number of likely N-dealkylation sites (N-methyl/N-ethyl adjacent to an activating group) is 1. The fraction of sp³-hybridized carbons (Fsp3) is 0.441. The molecule has 3 aromatic carbocycles. The van der Waals surface area contributed by atoms with E-state index < -0.39 is 44.0 Å². The number of carbonyl (C=O) groups is 1. The number of rotatable bonds is 8. The number of anilines is 1. The Morgan fingerprint density at radius 3 is 2.26 bits per heavy atom. The van der Waals surface area contributed by atoms with E-state index in [1.165, 1.54) is 17.0 Å². The molecule has 0 spiro atoms. The van der Waals surface area contributed by atoms with Gasteiger partial charge >= 0.3 is 6.18 Å². The quantitative estimate of drug-likeness (QED) is 0.232. The summed E-state index contributed by atoms with van der Waals surface area (Å²) in [5.41, 5.74) is -4.18. The van der Waals surface area contributed by atoms with Crippen LogP contribution in [0.15, 0.2) is 54.6 Å². The van der Waals surface area contributed by atoms with Crippen molar-refractivity contribution < 1.29 is 27.5 Å². The van der Waals surface area contributed by atoms with E-state index in [2.05, 4.69) is 16.7 Å². The summed E-state index contributed by atoms with van der Waals surface area (Å²) >= 11 is 0. The molecule has 0 aliphatic carbocycles. The average Bonchev–Trinajstić information content (AvgIpc) is 3.16. The van der Waals surface area contributed by atoms with Gasteiger partial charge in [-0.15, -0.1) is 0 Å². The number of amides is 1. The minimum absolute atomic E-state index is 0.0263. The van der Waals surface area contributed by atoms with Gasteiger partial charge in [-0.25, -0.2) is 0 Å². The van der Waals surface area contributed by atoms with Crippen molar-refractivity contribution in [2.24, 2.45) is 5.41 Å². The van der Waals surface area contributed by atoms with Crippen LogP contribution in [0.1, 0.15) is 56.9 Å². The standard InChI is InChI=1S/C34H41F3N2O3Si/c1-8-38(9-2)18-19-39-28-21-23(14-17-29(32(3,4)5)42-43(6)7)20-27(34(35,36)37)30(28)33(41,31(39)40)26-16-15-24-12-10-11-13-25(24)22-26/h10-13,15-16,20-22,29,41,43H,8-9,18-19H2,1-7H3. The van der Waals surface area contributed by atoms with Crippen LogP contribution in [0.5, 0.6) is 0 Å². The lowest BCUT2D eigenvalue weighted by atomic mass is 9.83. The lowest BCUT2D eigenvalue weighted by Gasteiger charge is -2.28. The van der Waals surface area contributed by atoms with Gasteiger partial charge in [-0.1, -0.05) is 82.9 Å². The van der Waals surface area contributed by atoms with Gasteiger partial charge in [0.25, 0.3) is 5.91 Å². The second-order valence-electron chi connectivity index (χ2n) is 12.4. The maximum atomic E-state index is 14.9. The number of hydrogen-bond acceptors (Lipinski definition) is 4. The molecule has 2 unspecified atom stereocenters. The first-order valence-corrected chi connectivity index (χ1v) is 17.6. The number of hydrogen-bond donors (Lipinski definition) is 1. The minimum atomic E-state index is -4.85. The van der Waals surface area contributed by atoms with Crippen LogP contribution >= 0.6 is 0 Å². The molecule has 43 heavy (non-hydrogen) atoms. The van der Waals surface area contributed by atoms with E-state index in [0.29, 0.717) is 25.0 Å². The van der Waals surface area contributed by atoms with E-state index in [9.17, 15) is 23.1 Å². The number of aliphatic hydroxyl groups is 1. The van der Waals surface area contributed by atoms with Gasteiger partial charge in [0.15, 0.2) is 14.6 Å². The van der Waals surface area contributed by atoms with Crippen LogP contribution < -0.4 is 4.90 Å². The van der Waals surface area contributed by atoms with Crippen LogP contribution in [-0.2, 0) is 21.0 Å². The van der Waals surface area contributed by atoms with Crippen LogP contribution in [0, 0.1) is 17.3 Å². The van der Waals surface area contributed by atoms with Gasteiger partial charge < -0.3 is 19.3 Å². The topological polar surface area (TPSA) is 53.0 Å². The Labute approximate surface area is 254 Å². The Kier molecular flexibility index (Phi) is 9.48. The van der Waals surface area contributed by atoms with Crippen molar-refractivity contribution in [1.82, 2.24) is 4.90 Å². The molecule has 1 amide bonds. The fourth-order valence-electron chi connectivity index (χ4n) is 5.49. The first-order chi connectivity index (χ1) is 20.1. The highest BCUT2D eigenvalue weighted by molar-refractivity contribution is 6.48. The summed E-state index contributed by atoms with van der Waals surface area (Å²) in [4.78, 5) is 17.5. The molecule has 4 rings (SSSR count). The molecule has 9 heteroatoms. The van der Waals surface area contributed by atoms with Crippen molar-refractivity contribution >= 4 is 31.4 Å². The van der Waals surface area contributed by atoms with Crippen LogP contribution in [0.2, 0.25) is 13.1 Å². The first-order valence-electron chi connectivity index (χ1n) is 14.8. The van der Waals surface area contributed by atoms with E-state index >= 15 is 0 Å². The van der Waals surface area contributed by atoms with Crippen LogP contribution in [0.4, 0.5) is 18.9 Å². The highest BCUT2D eigenvalue weighted by Gasteiger charge is 2.55. The van der Waals surface area contributed by atoms with E-state index in [-0.39, 0.29) is 28.8 Å². The SMILES string of the molecule is CCN(CC)CCN1C(=O)C(O)(c2ccc3ccccc3c2)c2c1cc(C#CC(O[SiH](C)C)C(C)(C)C)cc2C(F)(F)F. The summed E-state index contributed by atoms with van der Waals surface area (Å²) < 4.78 is 50.7. The molecule has 5 nitrogen and oxygen atoms in total. The highest BCUT2D eigenvalue weighted by atomic mass is 28.3. The molecule has 0 saturated heterocycles. The van der Waals surface area contributed by atoms with Gasteiger partial charge in [-0.3, -0.25) is 4.79 Å². The highest BCUT2D eigenvalue weighted by Crippen LogP contribution is 2.51. The molecule has 0 bridgehead atoms. The van der Waals surface area contributed by atoms with Crippen molar-refractivity contribution in [2.45, 2.75) is 65.6 Å². The van der Waals surface area contributed by atoms with E-state index in [4.69, 9.17) is 4.43 Å². The zero-order chi connectivity index (χ0) is 31.7. The van der Waals surface area contributed by atoms with Crippen LogP contribution in [-0.4, -0.2) is 57.2 Å². The predicted octanol–water partition coefficient (Wildman–Crippen LogP) is 6.55. The molecule has 1 N–H and O–H groups in total. The van der Waals surface area contributed by atoms with Gasteiger partial charge in [-0.05, 0) is 66.1 Å². The third kappa shape index (κ3) is 6.68. The number of carbonyl (C=O) groups excluding carboxylic acids is 1. The Bertz CT molecular complexity index is 1550. The third-order valence-electron chi connectivity index (χ3n) is 7.87. The van der Waals surface area contributed by atoms with Crippen molar-refractivity contribution in [3.8, 4) is 11.8 Å². The molecule has 0 saturated carbocycles. The zero-order valence-electron chi connectivity index (χ0n) is 26.0. The summed E-state index contributed by atoms with van der Waals surface area (Å²) in [6.45, 7) is 15.9. The van der Waals surface area contributed by atoms with E-state index in [1.54, 1.807) is 24.3 Å². The van der Waals surface area contributed by atoms with Gasteiger partial charge in [0.05, 0.1) is 11.3 Å². The molecular weight excluding hydrogens is 569 g/mol. The van der Waals surface area contributed by atoms with Gasteiger partial charge in [0, 0.05) is 24.2 Å². The van der Waals surface area contributed by atoms with Crippen molar-refractivity contribution in [3.63, 3.8) is 0 Å². The number of benzene rings is 3. The third-order valence-corrected chi connectivity index (χ3v) is 8.69. The molecule has 0 radical (unpaired) electrons. The second-order valence-corrected chi connectivity index (χ2v) is 14.7. The summed E-state index contributed by atoms with van der Waals surface area (Å²) in [7, 11) is -1.49. The smallest absolute Gasteiger partial charge is 0.406 e. The van der Waals surface area contributed by atoms with E-state index in [0.717, 1.165) is 11.5 Å². The zero-order valence-corrected chi connectivity index (χ0v) is 27.1. The lowest BCUT2D eigenvalue weighted by molar-refractivity contribution is -0.142. The molecule has 1 aliphatic rings. The monoisotopic (exact) mass is 610 g/mol. The Balaban J connectivity index is 1.96. The van der Waals surface area contributed by atoms with Gasteiger partial charge in [0.1, 0.15) is 6.10 Å². The van der Waals surface area contributed by atoms with Crippen LogP contribution in [0.3, 0.4) is 0 Å². The molecule has 1 heterocycles. The number of halogens is 3.